The minimum absolute atomic E-state index is 0.0961. The molecule has 0 saturated carbocycles. The van der Waals surface area contributed by atoms with Crippen LogP contribution < -0.4 is 10.6 Å². The number of rotatable bonds is 5. The number of nitrogens with one attached hydrogen (secondary N) is 2. The molecule has 0 aliphatic carbocycles. The quantitative estimate of drug-likeness (QED) is 0.522. The number of hydrogen-bond acceptors (Lipinski definition) is 2. The summed E-state index contributed by atoms with van der Waals surface area (Å²) < 4.78 is 15.9. The minimum Gasteiger partial charge on any atom is -0.350 e. The van der Waals surface area contributed by atoms with Gasteiger partial charge in [0.25, 0.3) is 0 Å². The highest BCUT2D eigenvalue weighted by molar-refractivity contribution is 5.89. The van der Waals surface area contributed by atoms with E-state index in [9.17, 15) is 9.18 Å². The van der Waals surface area contributed by atoms with E-state index in [0.29, 0.717) is 6.54 Å². The number of carbonyl (C=O) groups excluding carboxylic acids is 1. The number of fused-ring (bicyclic) bond motifs is 1. The van der Waals surface area contributed by atoms with Crippen molar-refractivity contribution in [1.29, 1.82) is 0 Å². The normalized spacial score (nSPS) is 11.9. The second-order valence-electron chi connectivity index (χ2n) is 6.87. The third-order valence-electron chi connectivity index (χ3n) is 4.98. The van der Waals surface area contributed by atoms with Crippen LogP contribution in [-0.2, 0) is 7.05 Å². The predicted octanol–water partition coefficient (Wildman–Crippen LogP) is 4.67. The highest BCUT2D eigenvalue weighted by Crippen LogP contribution is 2.31. The second-order valence-corrected chi connectivity index (χ2v) is 6.87. The van der Waals surface area contributed by atoms with Crippen molar-refractivity contribution < 1.29 is 9.18 Å². The lowest BCUT2D eigenvalue weighted by atomic mass is 9.92. The molecule has 0 fully saturated rings. The Balaban J connectivity index is 1.60. The number of para-hydroxylation sites is 2. The summed E-state index contributed by atoms with van der Waals surface area (Å²) in [6, 6.07) is 17.7. The number of anilines is 1. The summed E-state index contributed by atoms with van der Waals surface area (Å²) in [5, 5.41) is 6.57. The van der Waals surface area contributed by atoms with E-state index >= 15 is 0 Å². The second kappa shape index (κ2) is 8.14. The first-order valence-electron chi connectivity index (χ1n) is 9.37. The Morgan fingerprint density at radius 1 is 1.10 bits per heavy atom. The van der Waals surface area contributed by atoms with Gasteiger partial charge in [0.1, 0.15) is 5.82 Å². The summed E-state index contributed by atoms with van der Waals surface area (Å²) in [6.45, 7) is 0.347. The molecular formula is C23H21FN4O. The number of nitrogens with zero attached hydrogens (tertiary/aromatic N) is 2. The Bertz CT molecular complexity index is 1140. The third-order valence-corrected chi connectivity index (χ3v) is 4.98. The lowest BCUT2D eigenvalue weighted by Gasteiger charge is -2.18. The van der Waals surface area contributed by atoms with E-state index < -0.39 is 11.8 Å². The van der Waals surface area contributed by atoms with Gasteiger partial charge in [-0.2, -0.15) is 0 Å². The number of halogens is 1. The molecule has 0 radical (unpaired) electrons. The molecule has 4 rings (SSSR count). The molecule has 5 nitrogen and oxygen atoms in total. The summed E-state index contributed by atoms with van der Waals surface area (Å²) >= 11 is 0. The largest absolute Gasteiger partial charge is 0.350 e. The molecule has 0 aliphatic rings. The maximum absolute atomic E-state index is 13.8. The number of urea groups is 1. The van der Waals surface area contributed by atoms with Crippen LogP contribution in [0.2, 0.25) is 0 Å². The van der Waals surface area contributed by atoms with Gasteiger partial charge >= 0.3 is 6.03 Å². The fourth-order valence-electron chi connectivity index (χ4n) is 3.56. The zero-order valence-corrected chi connectivity index (χ0v) is 16.0. The van der Waals surface area contributed by atoms with E-state index in [1.165, 1.54) is 12.1 Å². The van der Waals surface area contributed by atoms with E-state index in [2.05, 4.69) is 38.5 Å². The Labute approximate surface area is 168 Å². The molecule has 2 amide bonds. The van der Waals surface area contributed by atoms with Crippen LogP contribution in [0.15, 0.2) is 79.3 Å². The molecule has 6 heteroatoms. The molecule has 29 heavy (non-hydrogen) atoms. The average Bonchev–Trinajstić information content (AvgIpc) is 3.07. The minimum atomic E-state index is -0.472. The van der Waals surface area contributed by atoms with E-state index in [-0.39, 0.29) is 11.6 Å². The molecular weight excluding hydrogens is 367 g/mol. The third kappa shape index (κ3) is 3.96. The number of aryl methyl sites for hydroxylation is 1. The van der Waals surface area contributed by atoms with Gasteiger partial charge in [0.2, 0.25) is 0 Å². The van der Waals surface area contributed by atoms with Crippen molar-refractivity contribution in [2.24, 2.45) is 7.05 Å². The monoisotopic (exact) mass is 388 g/mol. The van der Waals surface area contributed by atoms with E-state index in [1.54, 1.807) is 18.3 Å². The van der Waals surface area contributed by atoms with Gasteiger partial charge in [0.15, 0.2) is 0 Å². The Morgan fingerprint density at radius 2 is 1.90 bits per heavy atom. The molecule has 1 atom stereocenters. The topological polar surface area (TPSA) is 59.0 Å². The summed E-state index contributed by atoms with van der Waals surface area (Å²) in [7, 11) is 2.00. The fourth-order valence-corrected chi connectivity index (χ4v) is 3.56. The standard InChI is InChI=1S/C23H21FN4O/c1-28-15-19(17-8-2-5-11-22(17)28)18(16-7-6-12-25-13-16)14-26-23(29)27-21-10-4-3-9-20(21)24/h2-13,15,18H,14H2,1H3,(H2,26,27,29). The molecule has 2 aromatic heterocycles. The van der Waals surface area contributed by atoms with Crippen molar-refractivity contribution in [3.05, 3.63) is 96.2 Å². The molecule has 2 aromatic carbocycles. The molecule has 0 spiro atoms. The molecule has 0 saturated heterocycles. The van der Waals surface area contributed by atoms with Crippen molar-refractivity contribution in [3.8, 4) is 0 Å². The predicted molar refractivity (Wildman–Crippen MR) is 112 cm³/mol. The zero-order chi connectivity index (χ0) is 20.2. The van der Waals surface area contributed by atoms with Crippen LogP contribution in [0.25, 0.3) is 10.9 Å². The van der Waals surface area contributed by atoms with Gasteiger partial charge in [-0.15, -0.1) is 0 Å². The summed E-state index contributed by atoms with van der Waals surface area (Å²) in [6.07, 6.45) is 5.61. The van der Waals surface area contributed by atoms with Gasteiger partial charge in [0, 0.05) is 49.0 Å². The van der Waals surface area contributed by atoms with Gasteiger partial charge in [-0.25, -0.2) is 9.18 Å². The van der Waals surface area contributed by atoms with E-state index in [1.807, 2.05) is 37.5 Å². The van der Waals surface area contributed by atoms with Gasteiger partial charge in [0.05, 0.1) is 5.69 Å². The maximum atomic E-state index is 13.8. The first-order chi connectivity index (χ1) is 14.1. The van der Waals surface area contributed by atoms with Crippen LogP contribution in [0.3, 0.4) is 0 Å². The Morgan fingerprint density at radius 3 is 2.69 bits per heavy atom. The Kier molecular flexibility index (Phi) is 5.24. The first-order valence-corrected chi connectivity index (χ1v) is 9.37. The van der Waals surface area contributed by atoms with Crippen molar-refractivity contribution in [3.63, 3.8) is 0 Å². The highest BCUT2D eigenvalue weighted by atomic mass is 19.1. The molecule has 0 aliphatic heterocycles. The number of aromatic nitrogens is 2. The number of hydrogen-bond donors (Lipinski definition) is 2. The van der Waals surface area contributed by atoms with Gasteiger partial charge < -0.3 is 15.2 Å². The lowest BCUT2D eigenvalue weighted by molar-refractivity contribution is 0.251. The van der Waals surface area contributed by atoms with Crippen molar-refractivity contribution in [2.45, 2.75) is 5.92 Å². The smallest absolute Gasteiger partial charge is 0.319 e. The SMILES string of the molecule is Cn1cc(C(CNC(=O)Nc2ccccc2F)c2cccnc2)c2ccccc21. The molecule has 2 heterocycles. The molecule has 146 valence electrons. The van der Waals surface area contributed by atoms with Gasteiger partial charge in [-0.3, -0.25) is 4.98 Å². The van der Waals surface area contributed by atoms with Crippen LogP contribution in [0.4, 0.5) is 14.9 Å². The first kappa shape index (κ1) is 18.7. The van der Waals surface area contributed by atoms with Crippen LogP contribution in [0, 0.1) is 5.82 Å². The van der Waals surface area contributed by atoms with Crippen LogP contribution in [0.1, 0.15) is 17.0 Å². The molecule has 4 aromatic rings. The number of carbonyl (C=O) groups is 1. The zero-order valence-electron chi connectivity index (χ0n) is 16.0. The van der Waals surface area contributed by atoms with Crippen LogP contribution in [-0.4, -0.2) is 22.1 Å². The van der Waals surface area contributed by atoms with E-state index in [4.69, 9.17) is 0 Å². The number of benzene rings is 2. The highest BCUT2D eigenvalue weighted by Gasteiger charge is 2.20. The lowest BCUT2D eigenvalue weighted by Crippen LogP contribution is -2.33. The Hall–Kier alpha value is -3.67. The van der Waals surface area contributed by atoms with Crippen molar-refractivity contribution >= 4 is 22.6 Å². The molecule has 0 bridgehead atoms. The van der Waals surface area contributed by atoms with E-state index in [0.717, 1.165) is 22.0 Å². The van der Waals surface area contributed by atoms with Gasteiger partial charge in [-0.1, -0.05) is 36.4 Å². The van der Waals surface area contributed by atoms with Crippen molar-refractivity contribution in [2.75, 3.05) is 11.9 Å². The van der Waals surface area contributed by atoms with Crippen LogP contribution in [0.5, 0.6) is 0 Å². The van der Waals surface area contributed by atoms with Crippen molar-refractivity contribution in [1.82, 2.24) is 14.9 Å². The fraction of sp³-hybridized carbons (Fsp3) is 0.130. The molecule has 1 unspecified atom stereocenters. The number of pyridine rings is 1. The molecule has 2 N–H and O–H groups in total. The number of amides is 2. The van der Waals surface area contributed by atoms with Crippen LogP contribution >= 0.6 is 0 Å². The summed E-state index contributed by atoms with van der Waals surface area (Å²) in [5.74, 6) is -0.568. The summed E-state index contributed by atoms with van der Waals surface area (Å²) in [4.78, 5) is 16.6. The summed E-state index contributed by atoms with van der Waals surface area (Å²) in [5.41, 5.74) is 3.36. The maximum Gasteiger partial charge on any atom is 0.319 e. The average molecular weight is 388 g/mol. The van der Waals surface area contributed by atoms with Gasteiger partial charge in [-0.05, 0) is 35.4 Å².